The van der Waals surface area contributed by atoms with Crippen molar-refractivity contribution < 1.29 is 18.7 Å². The van der Waals surface area contributed by atoms with Crippen LogP contribution in [0.25, 0.3) is 11.0 Å². The summed E-state index contributed by atoms with van der Waals surface area (Å²) in [6.07, 6.45) is 5.02. The van der Waals surface area contributed by atoms with Crippen molar-refractivity contribution in [3.8, 4) is 0 Å². The van der Waals surface area contributed by atoms with E-state index in [4.69, 9.17) is 0 Å². The molecule has 2 aromatic heterocycles. The van der Waals surface area contributed by atoms with E-state index in [2.05, 4.69) is 45.5 Å². The molecule has 2 saturated heterocycles. The summed E-state index contributed by atoms with van der Waals surface area (Å²) in [5, 5.41) is 13.4. The predicted octanol–water partition coefficient (Wildman–Crippen LogP) is 6.33. The number of allylic oxidation sites excluding steroid dienone is 1. The molecule has 0 aliphatic carbocycles. The lowest BCUT2D eigenvalue weighted by Crippen LogP contribution is -2.50. The van der Waals surface area contributed by atoms with Crippen LogP contribution in [0.5, 0.6) is 0 Å². The first-order chi connectivity index (χ1) is 22.5. The van der Waals surface area contributed by atoms with E-state index in [1.54, 1.807) is 10.6 Å². The molecular weight excluding hydrogens is 604 g/mol. The first-order valence-electron chi connectivity index (χ1n) is 16.7. The van der Waals surface area contributed by atoms with Crippen LogP contribution in [0.15, 0.2) is 54.1 Å². The molecule has 2 aliphatic heterocycles. The minimum atomic E-state index is -3.10. The van der Waals surface area contributed by atoms with Crippen LogP contribution in [0.4, 0.5) is 25.1 Å². The third-order valence-electron chi connectivity index (χ3n) is 9.69. The fourth-order valence-corrected chi connectivity index (χ4v) is 6.73. The number of piperidine rings is 1. The molecule has 254 valence electrons. The molecular formula is C35H47F2N7O3. The SMILES string of the molecule is C=CCCCCn1c(=O)c(N2CCN(C(C)C)CC2)cc2c(NC(C)c3cccc(C(F)(F)C4CCN(C(=O)O)CC4)c3)ncnc21. The van der Waals surface area contributed by atoms with Gasteiger partial charge in [-0.15, -0.1) is 6.58 Å². The number of hydrogen-bond acceptors (Lipinski definition) is 7. The number of piperazine rings is 1. The largest absolute Gasteiger partial charge is 0.465 e. The van der Waals surface area contributed by atoms with Crippen LogP contribution >= 0.6 is 0 Å². The molecule has 12 heteroatoms. The van der Waals surface area contributed by atoms with Crippen molar-refractivity contribution in [2.75, 3.05) is 49.5 Å². The normalized spacial score (nSPS) is 17.3. The van der Waals surface area contributed by atoms with Crippen molar-refractivity contribution in [3.05, 3.63) is 70.8 Å². The Labute approximate surface area is 275 Å². The number of nitrogens with zero attached hydrogens (tertiary/aromatic N) is 6. The second-order valence-electron chi connectivity index (χ2n) is 13.0. The van der Waals surface area contributed by atoms with Crippen molar-refractivity contribution in [2.45, 2.75) is 77.4 Å². The zero-order chi connectivity index (χ0) is 33.7. The topological polar surface area (TPSA) is 107 Å². The maximum absolute atomic E-state index is 15.7. The Morgan fingerprint density at radius 1 is 1.09 bits per heavy atom. The van der Waals surface area contributed by atoms with Crippen LogP contribution in [0, 0.1) is 5.92 Å². The standard InChI is InChI=1S/C35H47F2N7O3/c1-5-6-7-8-14-44-32-29(22-30(33(44)45)42-19-17-41(18-20-42)24(2)3)31(38-23-39-32)40-25(4)26-10-9-11-28(21-26)35(36,37)27-12-15-43(16-13-27)34(46)47/h5,9-11,21-25,27H,1,6-8,12-20H2,2-4H3,(H,46,47)(H,38,39,40). The molecule has 1 unspecified atom stereocenters. The Morgan fingerprint density at radius 3 is 2.47 bits per heavy atom. The van der Waals surface area contributed by atoms with Crippen molar-refractivity contribution in [2.24, 2.45) is 5.92 Å². The van der Waals surface area contributed by atoms with Gasteiger partial charge in [-0.1, -0.05) is 24.3 Å². The second kappa shape index (κ2) is 14.8. The van der Waals surface area contributed by atoms with Gasteiger partial charge in [0.25, 0.3) is 11.5 Å². The number of unbranched alkanes of at least 4 members (excludes halogenated alkanes) is 2. The molecule has 3 aromatic rings. The molecule has 0 radical (unpaired) electrons. The fourth-order valence-electron chi connectivity index (χ4n) is 6.73. The third kappa shape index (κ3) is 7.58. The molecule has 2 N–H and O–H groups in total. The molecule has 10 nitrogen and oxygen atoms in total. The number of rotatable bonds is 12. The number of aryl methyl sites for hydroxylation is 1. The van der Waals surface area contributed by atoms with Crippen LogP contribution < -0.4 is 15.8 Å². The highest BCUT2D eigenvalue weighted by Gasteiger charge is 2.43. The van der Waals surface area contributed by atoms with Gasteiger partial charge in [0.2, 0.25) is 0 Å². The molecule has 1 amide bonds. The van der Waals surface area contributed by atoms with Crippen LogP contribution in [0.3, 0.4) is 0 Å². The Hall–Kier alpha value is -4.06. The average molecular weight is 652 g/mol. The summed E-state index contributed by atoms with van der Waals surface area (Å²) in [5.74, 6) is -3.51. The molecule has 0 bridgehead atoms. The van der Waals surface area contributed by atoms with Crippen LogP contribution in [-0.4, -0.2) is 80.8 Å². The number of hydrogen-bond donors (Lipinski definition) is 2. The Bertz CT molecular complexity index is 1610. The zero-order valence-corrected chi connectivity index (χ0v) is 27.7. The van der Waals surface area contributed by atoms with Gasteiger partial charge in [0.1, 0.15) is 23.5 Å². The quantitative estimate of drug-likeness (QED) is 0.173. The minimum Gasteiger partial charge on any atom is -0.465 e. The molecule has 1 aromatic carbocycles. The van der Waals surface area contributed by atoms with E-state index in [1.165, 1.54) is 23.4 Å². The number of carboxylic acid groups (broad SMARTS) is 1. The highest BCUT2D eigenvalue weighted by atomic mass is 19.3. The number of carbonyl (C=O) groups is 1. The molecule has 0 spiro atoms. The molecule has 0 saturated carbocycles. The number of anilines is 2. The number of pyridine rings is 1. The Kier molecular flexibility index (Phi) is 10.8. The molecule has 5 rings (SSSR count). The molecule has 2 fully saturated rings. The summed E-state index contributed by atoms with van der Waals surface area (Å²) in [5.41, 5.74) is 1.67. The van der Waals surface area contributed by atoms with Gasteiger partial charge in [0.15, 0.2) is 0 Å². The molecule has 2 aliphatic rings. The number of amides is 1. The number of fused-ring (bicyclic) bond motifs is 1. The third-order valence-corrected chi connectivity index (χ3v) is 9.69. The van der Waals surface area contributed by atoms with E-state index in [-0.39, 0.29) is 43.1 Å². The average Bonchev–Trinajstić information content (AvgIpc) is 3.07. The van der Waals surface area contributed by atoms with Crippen LogP contribution in [0.2, 0.25) is 0 Å². The van der Waals surface area contributed by atoms with Gasteiger partial charge in [0.05, 0.1) is 5.39 Å². The van der Waals surface area contributed by atoms with Crippen molar-refractivity contribution >= 4 is 28.6 Å². The second-order valence-corrected chi connectivity index (χ2v) is 13.0. The highest BCUT2D eigenvalue weighted by Crippen LogP contribution is 2.42. The van der Waals surface area contributed by atoms with Crippen LogP contribution in [0.1, 0.15) is 70.0 Å². The van der Waals surface area contributed by atoms with Gasteiger partial charge in [-0.3, -0.25) is 14.3 Å². The van der Waals surface area contributed by atoms with Gasteiger partial charge in [-0.2, -0.15) is 0 Å². The van der Waals surface area contributed by atoms with Gasteiger partial charge >= 0.3 is 6.09 Å². The van der Waals surface area contributed by atoms with Gasteiger partial charge in [0, 0.05) is 69.4 Å². The molecule has 4 heterocycles. The van der Waals surface area contributed by atoms with Crippen molar-refractivity contribution in [3.63, 3.8) is 0 Å². The number of alkyl halides is 2. The summed E-state index contributed by atoms with van der Waals surface area (Å²) >= 11 is 0. The number of aromatic nitrogens is 3. The smallest absolute Gasteiger partial charge is 0.407 e. The number of halogens is 2. The van der Waals surface area contributed by atoms with E-state index >= 15 is 8.78 Å². The maximum atomic E-state index is 15.7. The maximum Gasteiger partial charge on any atom is 0.407 e. The summed E-state index contributed by atoms with van der Waals surface area (Å²) in [4.78, 5) is 40.1. The van der Waals surface area contributed by atoms with E-state index in [0.717, 1.165) is 45.4 Å². The lowest BCUT2D eigenvalue weighted by atomic mass is 9.85. The summed E-state index contributed by atoms with van der Waals surface area (Å²) in [6, 6.07) is 8.34. The lowest BCUT2D eigenvalue weighted by molar-refractivity contribution is -0.0836. The monoisotopic (exact) mass is 651 g/mol. The van der Waals surface area contributed by atoms with Gasteiger partial charge < -0.3 is 20.2 Å². The molecule has 1 atom stereocenters. The number of nitrogens with one attached hydrogen (secondary N) is 1. The Morgan fingerprint density at radius 2 is 1.81 bits per heavy atom. The first-order valence-corrected chi connectivity index (χ1v) is 16.7. The zero-order valence-electron chi connectivity index (χ0n) is 27.7. The number of benzene rings is 1. The first kappa shape index (κ1) is 34.3. The van der Waals surface area contributed by atoms with E-state index in [1.807, 2.05) is 25.1 Å². The van der Waals surface area contributed by atoms with Crippen molar-refractivity contribution in [1.29, 1.82) is 0 Å². The summed E-state index contributed by atoms with van der Waals surface area (Å²) in [7, 11) is 0. The predicted molar refractivity (Wildman–Crippen MR) is 181 cm³/mol. The number of likely N-dealkylation sites (tertiary alicyclic amines) is 1. The van der Waals surface area contributed by atoms with Gasteiger partial charge in [-0.25, -0.2) is 23.5 Å². The molecule has 47 heavy (non-hydrogen) atoms. The van der Waals surface area contributed by atoms with Gasteiger partial charge in [-0.05, 0) is 70.6 Å². The van der Waals surface area contributed by atoms with Crippen molar-refractivity contribution in [1.82, 2.24) is 24.3 Å². The van der Waals surface area contributed by atoms with E-state index < -0.39 is 17.9 Å². The summed E-state index contributed by atoms with van der Waals surface area (Å²) in [6.45, 7) is 14.0. The van der Waals surface area contributed by atoms with Crippen LogP contribution in [-0.2, 0) is 12.5 Å². The summed E-state index contributed by atoms with van der Waals surface area (Å²) < 4.78 is 33.2. The minimum absolute atomic E-state index is 0.0732. The van der Waals surface area contributed by atoms with E-state index in [0.29, 0.717) is 40.7 Å². The highest BCUT2D eigenvalue weighted by molar-refractivity contribution is 5.89. The lowest BCUT2D eigenvalue weighted by Gasteiger charge is -2.38. The van der Waals surface area contributed by atoms with E-state index in [9.17, 15) is 14.7 Å². The fraction of sp³-hybridized carbons (Fsp3) is 0.543. The Balaban J connectivity index is 1.43.